The van der Waals surface area contributed by atoms with Gasteiger partial charge in [0.15, 0.2) is 5.82 Å². The Balaban J connectivity index is 2.18. The van der Waals surface area contributed by atoms with Crippen molar-refractivity contribution in [3.63, 3.8) is 0 Å². The summed E-state index contributed by atoms with van der Waals surface area (Å²) in [5, 5.41) is 12.1. The monoisotopic (exact) mass is 286 g/mol. The zero-order valence-corrected chi connectivity index (χ0v) is 11.8. The SMILES string of the molecule is CCc1[nH]nc(N2CC(CS(N)(=O)=O)CC2=O)c1C. The van der Waals surface area contributed by atoms with Crippen molar-refractivity contribution < 1.29 is 13.2 Å². The van der Waals surface area contributed by atoms with Gasteiger partial charge in [-0.2, -0.15) is 5.10 Å². The number of rotatable bonds is 4. The zero-order chi connectivity index (χ0) is 14.2. The average molecular weight is 286 g/mol. The van der Waals surface area contributed by atoms with E-state index in [1.165, 1.54) is 0 Å². The van der Waals surface area contributed by atoms with Gasteiger partial charge in [-0.25, -0.2) is 13.6 Å². The van der Waals surface area contributed by atoms with Crippen molar-refractivity contribution in [2.45, 2.75) is 26.7 Å². The smallest absolute Gasteiger partial charge is 0.228 e. The molecule has 1 aromatic rings. The van der Waals surface area contributed by atoms with Crippen molar-refractivity contribution in [3.8, 4) is 0 Å². The van der Waals surface area contributed by atoms with E-state index >= 15 is 0 Å². The molecule has 2 heterocycles. The number of sulfonamides is 1. The Labute approximate surface area is 112 Å². The minimum absolute atomic E-state index is 0.106. The highest BCUT2D eigenvalue weighted by Gasteiger charge is 2.34. The number of H-pyrrole nitrogens is 1. The van der Waals surface area contributed by atoms with E-state index in [0.717, 1.165) is 17.7 Å². The summed E-state index contributed by atoms with van der Waals surface area (Å²) >= 11 is 0. The fourth-order valence-electron chi connectivity index (χ4n) is 2.46. The summed E-state index contributed by atoms with van der Waals surface area (Å²) in [4.78, 5) is 13.5. The van der Waals surface area contributed by atoms with E-state index in [-0.39, 0.29) is 24.0 Å². The molecule has 3 N–H and O–H groups in total. The highest BCUT2D eigenvalue weighted by molar-refractivity contribution is 7.89. The number of aromatic amines is 1. The summed E-state index contributed by atoms with van der Waals surface area (Å²) in [5.41, 5.74) is 1.92. The van der Waals surface area contributed by atoms with Gasteiger partial charge in [-0.3, -0.25) is 14.8 Å². The van der Waals surface area contributed by atoms with Crippen molar-refractivity contribution in [2.24, 2.45) is 11.1 Å². The lowest BCUT2D eigenvalue weighted by atomic mass is 10.1. The number of primary sulfonamides is 1. The molecule has 1 unspecified atom stereocenters. The number of nitrogens with zero attached hydrogens (tertiary/aromatic N) is 2. The molecule has 7 nitrogen and oxygen atoms in total. The van der Waals surface area contributed by atoms with Gasteiger partial charge in [0.1, 0.15) is 0 Å². The molecule has 1 aliphatic heterocycles. The lowest BCUT2D eigenvalue weighted by molar-refractivity contribution is -0.117. The Morgan fingerprint density at radius 1 is 1.53 bits per heavy atom. The highest BCUT2D eigenvalue weighted by atomic mass is 32.2. The van der Waals surface area contributed by atoms with E-state index in [1.807, 2.05) is 13.8 Å². The van der Waals surface area contributed by atoms with Gasteiger partial charge in [0, 0.05) is 30.1 Å². The van der Waals surface area contributed by atoms with Gasteiger partial charge in [-0.05, 0) is 13.3 Å². The van der Waals surface area contributed by atoms with Crippen LogP contribution in [-0.4, -0.2) is 36.8 Å². The molecule has 0 aliphatic carbocycles. The molecule has 0 radical (unpaired) electrons. The third-order valence-electron chi connectivity index (χ3n) is 3.37. The minimum atomic E-state index is -3.55. The van der Waals surface area contributed by atoms with E-state index < -0.39 is 10.0 Å². The fourth-order valence-corrected chi connectivity index (χ4v) is 3.34. The number of aromatic nitrogens is 2. The molecular weight excluding hydrogens is 268 g/mol. The van der Waals surface area contributed by atoms with Crippen LogP contribution < -0.4 is 10.0 Å². The van der Waals surface area contributed by atoms with Crippen LogP contribution in [0.5, 0.6) is 0 Å². The molecule has 0 saturated carbocycles. The van der Waals surface area contributed by atoms with Gasteiger partial charge in [-0.15, -0.1) is 0 Å². The number of hydrogen-bond acceptors (Lipinski definition) is 4. The summed E-state index contributed by atoms with van der Waals surface area (Å²) in [5.74, 6) is 0.0626. The Kier molecular flexibility index (Phi) is 3.64. The molecule has 0 aromatic carbocycles. The first-order valence-corrected chi connectivity index (χ1v) is 7.88. The molecule has 1 atom stereocenters. The quantitative estimate of drug-likeness (QED) is 0.806. The number of carbonyl (C=O) groups is 1. The Morgan fingerprint density at radius 2 is 2.21 bits per heavy atom. The summed E-state index contributed by atoms with van der Waals surface area (Å²) < 4.78 is 22.2. The summed E-state index contributed by atoms with van der Waals surface area (Å²) in [6, 6.07) is 0. The lowest BCUT2D eigenvalue weighted by Gasteiger charge is -2.14. The Bertz CT molecular complexity index is 593. The van der Waals surface area contributed by atoms with Gasteiger partial charge < -0.3 is 0 Å². The first-order valence-electron chi connectivity index (χ1n) is 6.16. The molecular formula is C11H18N4O3S. The molecule has 106 valence electrons. The van der Waals surface area contributed by atoms with Crippen LogP contribution in [0, 0.1) is 12.8 Å². The van der Waals surface area contributed by atoms with E-state index in [9.17, 15) is 13.2 Å². The molecule has 0 spiro atoms. The standard InChI is InChI=1S/C11H18N4O3S/c1-3-9-7(2)11(14-13-9)15-5-8(4-10(15)16)6-19(12,17)18/h8H,3-6H2,1-2H3,(H,13,14)(H2,12,17,18). The first-order chi connectivity index (χ1) is 8.81. The minimum Gasteiger partial charge on any atom is -0.295 e. The zero-order valence-electron chi connectivity index (χ0n) is 11.0. The predicted octanol–water partition coefficient (Wildman–Crippen LogP) is -0.0781. The van der Waals surface area contributed by atoms with Crippen LogP contribution in [-0.2, 0) is 21.2 Å². The molecule has 1 saturated heterocycles. The summed E-state index contributed by atoms with van der Waals surface area (Å²) in [6.45, 7) is 4.25. The molecule has 0 bridgehead atoms. The van der Waals surface area contributed by atoms with Gasteiger partial charge in [0.05, 0.1) is 5.75 Å². The number of anilines is 1. The van der Waals surface area contributed by atoms with Crippen LogP contribution in [0.1, 0.15) is 24.6 Å². The number of amides is 1. The maximum absolute atomic E-state index is 12.0. The van der Waals surface area contributed by atoms with Gasteiger partial charge >= 0.3 is 0 Å². The second-order valence-corrected chi connectivity index (χ2v) is 6.57. The topological polar surface area (TPSA) is 109 Å². The van der Waals surface area contributed by atoms with Crippen molar-refractivity contribution in [1.29, 1.82) is 0 Å². The normalized spacial score (nSPS) is 20.3. The number of aryl methyl sites for hydroxylation is 1. The van der Waals surface area contributed by atoms with Gasteiger partial charge in [0.25, 0.3) is 0 Å². The van der Waals surface area contributed by atoms with Gasteiger partial charge in [0.2, 0.25) is 15.9 Å². The average Bonchev–Trinajstić information content (AvgIpc) is 2.79. The number of carbonyl (C=O) groups excluding carboxylic acids is 1. The maximum Gasteiger partial charge on any atom is 0.228 e. The Hall–Kier alpha value is -1.41. The van der Waals surface area contributed by atoms with Crippen LogP contribution in [0.25, 0.3) is 0 Å². The molecule has 1 aliphatic rings. The van der Waals surface area contributed by atoms with E-state index in [1.54, 1.807) is 4.90 Å². The van der Waals surface area contributed by atoms with E-state index in [0.29, 0.717) is 12.4 Å². The molecule has 8 heteroatoms. The summed E-state index contributed by atoms with van der Waals surface area (Å²) in [7, 11) is -3.55. The van der Waals surface area contributed by atoms with Crippen LogP contribution in [0.3, 0.4) is 0 Å². The Morgan fingerprint density at radius 3 is 2.74 bits per heavy atom. The van der Waals surface area contributed by atoms with E-state index in [4.69, 9.17) is 5.14 Å². The van der Waals surface area contributed by atoms with Crippen LogP contribution in [0.2, 0.25) is 0 Å². The van der Waals surface area contributed by atoms with E-state index in [2.05, 4.69) is 10.2 Å². The van der Waals surface area contributed by atoms with Crippen molar-refractivity contribution in [3.05, 3.63) is 11.3 Å². The van der Waals surface area contributed by atoms with Crippen molar-refractivity contribution in [2.75, 3.05) is 17.2 Å². The van der Waals surface area contributed by atoms with Gasteiger partial charge in [-0.1, -0.05) is 6.92 Å². The third kappa shape index (κ3) is 2.95. The van der Waals surface area contributed by atoms with Crippen LogP contribution in [0.15, 0.2) is 0 Å². The molecule has 2 rings (SSSR count). The number of nitrogens with two attached hydrogens (primary N) is 1. The first kappa shape index (κ1) is 14.0. The van der Waals surface area contributed by atoms with Crippen molar-refractivity contribution in [1.82, 2.24) is 10.2 Å². The number of nitrogens with one attached hydrogen (secondary N) is 1. The second-order valence-electron chi connectivity index (χ2n) is 4.91. The molecule has 1 aromatic heterocycles. The molecule has 1 amide bonds. The van der Waals surface area contributed by atoms with Crippen LogP contribution >= 0.6 is 0 Å². The lowest BCUT2D eigenvalue weighted by Crippen LogP contribution is -2.28. The molecule has 19 heavy (non-hydrogen) atoms. The van der Waals surface area contributed by atoms with Crippen molar-refractivity contribution >= 4 is 21.7 Å². The largest absolute Gasteiger partial charge is 0.295 e. The predicted molar refractivity (Wildman–Crippen MR) is 71.1 cm³/mol. The fraction of sp³-hybridized carbons (Fsp3) is 0.636. The third-order valence-corrected chi connectivity index (χ3v) is 4.30. The second kappa shape index (κ2) is 4.93. The summed E-state index contributed by atoms with van der Waals surface area (Å²) in [6.07, 6.45) is 1.01. The highest BCUT2D eigenvalue weighted by Crippen LogP contribution is 2.28. The molecule has 1 fully saturated rings. The van der Waals surface area contributed by atoms with Crippen LogP contribution in [0.4, 0.5) is 5.82 Å². The number of hydrogen-bond donors (Lipinski definition) is 2. The maximum atomic E-state index is 12.0.